The Balaban J connectivity index is 1.44. The Morgan fingerprint density at radius 3 is 2.65 bits per heavy atom. The maximum atomic E-state index is 12.7. The van der Waals surface area contributed by atoms with E-state index in [0.717, 1.165) is 38.0 Å². The van der Waals surface area contributed by atoms with Crippen LogP contribution in [-0.2, 0) is 0 Å². The topological polar surface area (TPSA) is 46.3 Å². The van der Waals surface area contributed by atoms with E-state index in [1.807, 2.05) is 17.0 Å². The van der Waals surface area contributed by atoms with Gasteiger partial charge in [-0.25, -0.2) is 0 Å². The van der Waals surface area contributed by atoms with E-state index >= 15 is 0 Å². The van der Waals surface area contributed by atoms with Gasteiger partial charge in [0.15, 0.2) is 5.69 Å². The molecule has 120 valence electrons. The van der Waals surface area contributed by atoms with Gasteiger partial charge in [0.2, 0.25) is 0 Å². The van der Waals surface area contributed by atoms with Gasteiger partial charge in [-0.3, -0.25) is 4.79 Å². The number of hydrogen-bond acceptors (Lipinski definition) is 3. The van der Waals surface area contributed by atoms with E-state index in [1.165, 1.54) is 5.56 Å². The molecule has 0 bridgehead atoms. The second-order valence-electron chi connectivity index (χ2n) is 6.87. The zero-order valence-corrected chi connectivity index (χ0v) is 13.4. The van der Waals surface area contributed by atoms with Crippen molar-refractivity contribution in [3.05, 3.63) is 53.4 Å². The van der Waals surface area contributed by atoms with E-state index in [1.54, 1.807) is 0 Å². The average Bonchev–Trinajstić information content (AvgIpc) is 3.32. The summed E-state index contributed by atoms with van der Waals surface area (Å²) in [5, 5.41) is 4.00. The number of carbonyl (C=O) groups is 1. The number of rotatable bonds is 3. The number of hydrogen-bond donors (Lipinski definition) is 0. The number of benzene rings is 1. The largest absolute Gasteiger partial charge is 0.360 e. The standard InChI is InChI=1S/C19H22N2O2/c1-13-11-16(14-5-3-2-4-6-14)9-10-21(13)19(22)17-12-18(23-20-17)15-7-8-15/h2-6,12-13,15-16H,7-11H2,1H3/t13-,16-/m1/s1. The highest BCUT2D eigenvalue weighted by Crippen LogP contribution is 2.40. The fraction of sp³-hybridized carbons (Fsp3) is 0.474. The number of aromatic nitrogens is 1. The first-order chi connectivity index (χ1) is 11.2. The maximum absolute atomic E-state index is 12.7. The molecule has 1 saturated heterocycles. The van der Waals surface area contributed by atoms with Crippen molar-refractivity contribution in [1.29, 1.82) is 0 Å². The predicted octanol–water partition coefficient (Wildman–Crippen LogP) is 3.96. The molecule has 2 fully saturated rings. The first kappa shape index (κ1) is 14.5. The van der Waals surface area contributed by atoms with Gasteiger partial charge >= 0.3 is 0 Å². The molecule has 0 radical (unpaired) electrons. The molecule has 2 heterocycles. The summed E-state index contributed by atoms with van der Waals surface area (Å²) in [7, 11) is 0. The van der Waals surface area contributed by atoms with Crippen molar-refractivity contribution in [3.63, 3.8) is 0 Å². The lowest BCUT2D eigenvalue weighted by Gasteiger charge is -2.37. The van der Waals surface area contributed by atoms with Crippen LogP contribution in [0.25, 0.3) is 0 Å². The van der Waals surface area contributed by atoms with Crippen LogP contribution in [0.4, 0.5) is 0 Å². The fourth-order valence-corrected chi connectivity index (χ4v) is 3.60. The van der Waals surface area contributed by atoms with Crippen LogP contribution in [-0.4, -0.2) is 28.6 Å². The highest BCUT2D eigenvalue weighted by molar-refractivity contribution is 5.92. The summed E-state index contributed by atoms with van der Waals surface area (Å²) in [6.45, 7) is 2.92. The van der Waals surface area contributed by atoms with Crippen molar-refractivity contribution in [2.45, 2.75) is 50.5 Å². The molecule has 1 aromatic heterocycles. The summed E-state index contributed by atoms with van der Waals surface area (Å²) in [5.41, 5.74) is 1.85. The number of nitrogens with zero attached hydrogens (tertiary/aromatic N) is 2. The Labute approximate surface area is 136 Å². The van der Waals surface area contributed by atoms with Crippen LogP contribution in [0.15, 0.2) is 40.9 Å². The number of carbonyl (C=O) groups excluding carboxylic acids is 1. The smallest absolute Gasteiger partial charge is 0.276 e. The predicted molar refractivity (Wildman–Crippen MR) is 87.4 cm³/mol. The van der Waals surface area contributed by atoms with Crippen LogP contribution in [0, 0.1) is 0 Å². The normalized spacial score (nSPS) is 24.7. The highest BCUT2D eigenvalue weighted by Gasteiger charge is 2.33. The van der Waals surface area contributed by atoms with E-state index < -0.39 is 0 Å². The van der Waals surface area contributed by atoms with Crippen LogP contribution < -0.4 is 0 Å². The Hall–Kier alpha value is -2.10. The molecular weight excluding hydrogens is 288 g/mol. The molecule has 4 rings (SSSR count). The monoisotopic (exact) mass is 310 g/mol. The second kappa shape index (κ2) is 5.84. The molecule has 0 spiro atoms. The maximum Gasteiger partial charge on any atom is 0.276 e. The van der Waals surface area contributed by atoms with Crippen molar-refractivity contribution in [2.24, 2.45) is 0 Å². The summed E-state index contributed by atoms with van der Waals surface area (Å²) < 4.78 is 5.33. The van der Waals surface area contributed by atoms with Gasteiger partial charge in [0.25, 0.3) is 5.91 Å². The third-order valence-electron chi connectivity index (χ3n) is 5.14. The zero-order chi connectivity index (χ0) is 15.8. The van der Waals surface area contributed by atoms with Crippen LogP contribution in [0.2, 0.25) is 0 Å². The fourth-order valence-electron chi connectivity index (χ4n) is 3.60. The van der Waals surface area contributed by atoms with E-state index in [9.17, 15) is 4.79 Å². The number of amides is 1. The lowest BCUT2D eigenvalue weighted by molar-refractivity contribution is 0.0605. The molecule has 2 atom stereocenters. The second-order valence-corrected chi connectivity index (χ2v) is 6.87. The molecule has 1 amide bonds. The van der Waals surface area contributed by atoms with Gasteiger partial charge in [0.05, 0.1) is 0 Å². The SMILES string of the molecule is C[C@@H]1C[C@H](c2ccccc2)CCN1C(=O)c1cc(C2CC2)on1. The molecule has 0 unspecified atom stereocenters. The summed E-state index contributed by atoms with van der Waals surface area (Å²) in [5.74, 6) is 1.92. The van der Waals surface area contributed by atoms with Crippen LogP contribution >= 0.6 is 0 Å². The van der Waals surface area contributed by atoms with Gasteiger partial charge in [-0.1, -0.05) is 35.5 Å². The van der Waals surface area contributed by atoms with Gasteiger partial charge in [-0.2, -0.15) is 0 Å². The summed E-state index contributed by atoms with van der Waals surface area (Å²) >= 11 is 0. The summed E-state index contributed by atoms with van der Waals surface area (Å²) in [4.78, 5) is 14.7. The third-order valence-corrected chi connectivity index (χ3v) is 5.14. The Kier molecular flexibility index (Phi) is 3.68. The highest BCUT2D eigenvalue weighted by atomic mass is 16.5. The minimum atomic E-state index is 0.0136. The Morgan fingerprint density at radius 1 is 1.17 bits per heavy atom. The van der Waals surface area contributed by atoms with Gasteiger partial charge in [0.1, 0.15) is 5.76 Å². The van der Waals surface area contributed by atoms with Crippen molar-refractivity contribution < 1.29 is 9.32 Å². The molecule has 1 aliphatic heterocycles. The minimum absolute atomic E-state index is 0.0136. The quantitative estimate of drug-likeness (QED) is 0.862. The first-order valence-electron chi connectivity index (χ1n) is 8.55. The van der Waals surface area contributed by atoms with E-state index in [-0.39, 0.29) is 11.9 Å². The van der Waals surface area contributed by atoms with Crippen LogP contribution in [0.3, 0.4) is 0 Å². The van der Waals surface area contributed by atoms with Crippen molar-refractivity contribution in [3.8, 4) is 0 Å². The van der Waals surface area contributed by atoms with E-state index in [0.29, 0.717) is 17.5 Å². The number of piperidine rings is 1. The van der Waals surface area contributed by atoms with E-state index in [4.69, 9.17) is 4.52 Å². The van der Waals surface area contributed by atoms with Crippen molar-refractivity contribution in [2.75, 3.05) is 6.54 Å². The number of likely N-dealkylation sites (tertiary alicyclic amines) is 1. The Morgan fingerprint density at radius 2 is 1.96 bits per heavy atom. The molecule has 0 N–H and O–H groups in total. The molecular formula is C19H22N2O2. The van der Waals surface area contributed by atoms with Crippen LogP contribution in [0.1, 0.15) is 66.3 Å². The molecule has 4 nitrogen and oxygen atoms in total. The molecule has 4 heteroatoms. The van der Waals surface area contributed by atoms with Crippen molar-refractivity contribution >= 4 is 5.91 Å². The van der Waals surface area contributed by atoms with Crippen LogP contribution in [0.5, 0.6) is 0 Å². The van der Waals surface area contributed by atoms with Gasteiger partial charge in [-0.05, 0) is 44.1 Å². The molecule has 2 aromatic rings. The first-order valence-corrected chi connectivity index (χ1v) is 8.55. The average molecular weight is 310 g/mol. The molecule has 1 saturated carbocycles. The molecule has 23 heavy (non-hydrogen) atoms. The van der Waals surface area contributed by atoms with Gasteiger partial charge < -0.3 is 9.42 Å². The zero-order valence-electron chi connectivity index (χ0n) is 13.4. The van der Waals surface area contributed by atoms with Gasteiger partial charge in [-0.15, -0.1) is 0 Å². The summed E-state index contributed by atoms with van der Waals surface area (Å²) in [6.07, 6.45) is 4.32. The molecule has 1 aromatic carbocycles. The Bertz CT molecular complexity index is 690. The van der Waals surface area contributed by atoms with Gasteiger partial charge in [0, 0.05) is 24.6 Å². The molecule has 2 aliphatic rings. The summed E-state index contributed by atoms with van der Waals surface area (Å²) in [6, 6.07) is 12.7. The third kappa shape index (κ3) is 2.90. The van der Waals surface area contributed by atoms with Crippen molar-refractivity contribution in [1.82, 2.24) is 10.1 Å². The lowest BCUT2D eigenvalue weighted by atomic mass is 9.86. The molecule has 1 aliphatic carbocycles. The lowest BCUT2D eigenvalue weighted by Crippen LogP contribution is -2.44. The van der Waals surface area contributed by atoms with E-state index in [2.05, 4.69) is 36.3 Å². The minimum Gasteiger partial charge on any atom is -0.360 e.